The van der Waals surface area contributed by atoms with Crippen molar-refractivity contribution in [3.63, 3.8) is 0 Å². The van der Waals surface area contributed by atoms with E-state index in [0.29, 0.717) is 33.3 Å². The predicted octanol–water partition coefficient (Wildman–Crippen LogP) is 6.27. The third-order valence-corrected chi connectivity index (χ3v) is 4.76. The van der Waals surface area contributed by atoms with Gasteiger partial charge in [0.1, 0.15) is 11.5 Å². The molecule has 0 aliphatic carbocycles. The van der Waals surface area contributed by atoms with Crippen LogP contribution in [0.1, 0.15) is 11.3 Å². The summed E-state index contributed by atoms with van der Waals surface area (Å²) >= 11 is 5.95. The fourth-order valence-corrected chi connectivity index (χ4v) is 3.21. The van der Waals surface area contributed by atoms with E-state index in [2.05, 4.69) is 15.6 Å². The first-order chi connectivity index (χ1) is 14.7. The number of hydrogen-bond acceptors (Lipinski definition) is 4. The molecule has 2 aromatic heterocycles. The van der Waals surface area contributed by atoms with Gasteiger partial charge in [-0.15, -0.1) is 0 Å². The minimum atomic E-state index is -4.52. The third kappa shape index (κ3) is 4.17. The molecule has 0 atom stereocenters. The number of amides is 1. The van der Waals surface area contributed by atoms with E-state index >= 15 is 0 Å². The molecule has 0 fully saturated rings. The van der Waals surface area contributed by atoms with Gasteiger partial charge in [0, 0.05) is 16.3 Å². The highest BCUT2D eigenvalue weighted by Crippen LogP contribution is 2.35. The van der Waals surface area contributed by atoms with Crippen molar-refractivity contribution in [2.24, 2.45) is 0 Å². The summed E-state index contributed by atoms with van der Waals surface area (Å²) in [5.74, 6) is 0.443. The Morgan fingerprint density at radius 3 is 2.58 bits per heavy atom. The second kappa shape index (κ2) is 7.92. The molecule has 0 saturated carbocycles. The number of alkyl halides is 3. The van der Waals surface area contributed by atoms with Gasteiger partial charge in [-0.3, -0.25) is 0 Å². The molecule has 6 nitrogen and oxygen atoms in total. The molecule has 0 unspecified atom stereocenters. The first-order valence-electron chi connectivity index (χ1n) is 8.99. The van der Waals surface area contributed by atoms with Crippen LogP contribution in [0.2, 0.25) is 5.02 Å². The number of aryl methyl sites for hydroxylation is 1. The van der Waals surface area contributed by atoms with E-state index < -0.39 is 17.8 Å². The van der Waals surface area contributed by atoms with Crippen molar-refractivity contribution < 1.29 is 22.5 Å². The van der Waals surface area contributed by atoms with E-state index in [1.165, 1.54) is 18.3 Å². The third-order valence-electron chi connectivity index (χ3n) is 4.51. The fourth-order valence-electron chi connectivity index (χ4n) is 3.08. The van der Waals surface area contributed by atoms with Crippen LogP contribution in [0, 0.1) is 6.92 Å². The van der Waals surface area contributed by atoms with Gasteiger partial charge in [-0.25, -0.2) is 4.79 Å². The molecule has 158 valence electrons. The van der Waals surface area contributed by atoms with Gasteiger partial charge in [-0.05, 0) is 43.3 Å². The number of halogens is 4. The number of benzene rings is 2. The van der Waals surface area contributed by atoms with Crippen molar-refractivity contribution in [1.29, 1.82) is 0 Å². The maximum absolute atomic E-state index is 12.9. The zero-order valence-corrected chi connectivity index (χ0v) is 16.7. The molecule has 1 amide bonds. The van der Waals surface area contributed by atoms with Crippen molar-refractivity contribution in [1.82, 2.24) is 14.9 Å². The zero-order valence-electron chi connectivity index (χ0n) is 15.9. The van der Waals surface area contributed by atoms with Gasteiger partial charge in [-0.2, -0.15) is 23.0 Å². The van der Waals surface area contributed by atoms with E-state index in [9.17, 15) is 18.0 Å². The fraction of sp³-hybridized carbons (Fsp3) is 0.0952. The lowest BCUT2D eigenvalue weighted by atomic mass is 10.0. The molecule has 31 heavy (non-hydrogen) atoms. The van der Waals surface area contributed by atoms with Gasteiger partial charge in [0.2, 0.25) is 0 Å². The molecular weight excluding hydrogens is 433 g/mol. The van der Waals surface area contributed by atoms with Crippen molar-refractivity contribution in [2.75, 3.05) is 5.32 Å². The molecular formula is C21H14ClF3N4O2. The van der Waals surface area contributed by atoms with E-state index in [0.717, 1.165) is 16.8 Å². The zero-order chi connectivity index (χ0) is 22.2. The van der Waals surface area contributed by atoms with Gasteiger partial charge >= 0.3 is 12.2 Å². The minimum absolute atomic E-state index is 0.0127. The Morgan fingerprint density at radius 1 is 1.13 bits per heavy atom. The molecule has 0 spiro atoms. The SMILES string of the molecule is Cc1onc(-c2ccc(Cl)cc2)c1-c1ccnn1C(=O)Nc1cccc(C(F)(F)F)c1. The van der Waals surface area contributed by atoms with E-state index in [-0.39, 0.29) is 5.69 Å². The Labute approximate surface area is 179 Å². The number of aromatic nitrogens is 3. The smallest absolute Gasteiger partial charge is 0.360 e. The Morgan fingerprint density at radius 2 is 1.87 bits per heavy atom. The van der Waals surface area contributed by atoms with Crippen LogP contribution >= 0.6 is 11.6 Å². The predicted molar refractivity (Wildman–Crippen MR) is 109 cm³/mol. The van der Waals surface area contributed by atoms with Crippen LogP contribution in [0.3, 0.4) is 0 Å². The highest BCUT2D eigenvalue weighted by atomic mass is 35.5. The van der Waals surface area contributed by atoms with E-state index in [4.69, 9.17) is 16.1 Å². The molecule has 0 aliphatic rings. The molecule has 4 aromatic rings. The lowest BCUT2D eigenvalue weighted by Crippen LogP contribution is -2.22. The van der Waals surface area contributed by atoms with Crippen molar-refractivity contribution in [3.05, 3.63) is 77.1 Å². The standard InChI is InChI=1S/C21H14ClF3N4O2/c1-12-18(19(28-31-12)13-5-7-15(22)8-6-13)17-9-10-26-29(17)20(30)27-16-4-2-3-14(11-16)21(23,24)25/h2-11H,1H3,(H,27,30). The van der Waals surface area contributed by atoms with Crippen LogP contribution in [0.15, 0.2) is 65.3 Å². The van der Waals surface area contributed by atoms with Gasteiger partial charge in [0.25, 0.3) is 0 Å². The molecule has 0 aliphatic heterocycles. The van der Waals surface area contributed by atoms with Gasteiger partial charge < -0.3 is 9.84 Å². The minimum Gasteiger partial charge on any atom is -0.360 e. The number of hydrogen-bond donors (Lipinski definition) is 1. The van der Waals surface area contributed by atoms with Crippen molar-refractivity contribution >= 4 is 23.3 Å². The number of carbonyl (C=O) groups excluding carboxylic acids is 1. The second-order valence-electron chi connectivity index (χ2n) is 6.61. The molecule has 1 N–H and O–H groups in total. The number of nitrogens with zero attached hydrogens (tertiary/aromatic N) is 3. The van der Waals surface area contributed by atoms with Gasteiger partial charge in [0.15, 0.2) is 0 Å². The molecule has 0 saturated heterocycles. The second-order valence-corrected chi connectivity index (χ2v) is 7.04. The molecule has 4 rings (SSSR count). The van der Waals surface area contributed by atoms with Crippen LogP contribution < -0.4 is 5.32 Å². The summed E-state index contributed by atoms with van der Waals surface area (Å²) in [4.78, 5) is 12.8. The molecule has 0 bridgehead atoms. The molecule has 10 heteroatoms. The van der Waals surface area contributed by atoms with Crippen LogP contribution in [0.4, 0.5) is 23.7 Å². The molecule has 2 aromatic carbocycles. The Balaban J connectivity index is 1.69. The highest BCUT2D eigenvalue weighted by molar-refractivity contribution is 6.30. The average molecular weight is 447 g/mol. The normalized spacial score (nSPS) is 11.5. The largest absolute Gasteiger partial charge is 0.416 e. The highest BCUT2D eigenvalue weighted by Gasteiger charge is 2.30. The number of anilines is 1. The quantitative estimate of drug-likeness (QED) is 0.403. The Bertz CT molecular complexity index is 1250. The summed E-state index contributed by atoms with van der Waals surface area (Å²) in [5.41, 5.74) is 1.20. The summed E-state index contributed by atoms with van der Waals surface area (Å²) in [6, 6.07) is 12.1. The van der Waals surface area contributed by atoms with E-state index in [1.807, 2.05) is 0 Å². The summed E-state index contributed by atoms with van der Waals surface area (Å²) in [7, 11) is 0. The lowest BCUT2D eigenvalue weighted by molar-refractivity contribution is -0.137. The monoisotopic (exact) mass is 446 g/mol. The van der Waals surface area contributed by atoms with Crippen LogP contribution in [-0.4, -0.2) is 21.0 Å². The summed E-state index contributed by atoms with van der Waals surface area (Å²) in [5, 5.41) is 11.1. The van der Waals surface area contributed by atoms with Crippen molar-refractivity contribution in [2.45, 2.75) is 13.1 Å². The number of nitrogens with one attached hydrogen (secondary N) is 1. The average Bonchev–Trinajstić information content (AvgIpc) is 3.34. The van der Waals surface area contributed by atoms with Crippen LogP contribution in [0.5, 0.6) is 0 Å². The van der Waals surface area contributed by atoms with Gasteiger partial charge in [-0.1, -0.05) is 35.0 Å². The van der Waals surface area contributed by atoms with Crippen LogP contribution in [0.25, 0.3) is 22.5 Å². The maximum Gasteiger partial charge on any atom is 0.416 e. The topological polar surface area (TPSA) is 73.0 Å². The first kappa shape index (κ1) is 20.7. The maximum atomic E-state index is 12.9. The molecule has 0 radical (unpaired) electrons. The first-order valence-corrected chi connectivity index (χ1v) is 9.37. The lowest BCUT2D eigenvalue weighted by Gasteiger charge is -2.11. The summed E-state index contributed by atoms with van der Waals surface area (Å²) in [6.07, 6.45) is -3.12. The summed E-state index contributed by atoms with van der Waals surface area (Å²) < 4.78 is 45.2. The Hall–Kier alpha value is -3.59. The summed E-state index contributed by atoms with van der Waals surface area (Å²) in [6.45, 7) is 1.68. The Kier molecular flexibility index (Phi) is 5.28. The molecule has 2 heterocycles. The number of carbonyl (C=O) groups is 1. The van der Waals surface area contributed by atoms with Crippen molar-refractivity contribution in [3.8, 4) is 22.5 Å². The van der Waals surface area contributed by atoms with Gasteiger partial charge in [0.05, 0.1) is 23.0 Å². The van der Waals surface area contributed by atoms with E-state index in [1.54, 1.807) is 37.3 Å². The van der Waals surface area contributed by atoms with Crippen LogP contribution in [-0.2, 0) is 6.18 Å². The number of rotatable bonds is 3.